The Morgan fingerprint density at radius 1 is 1.03 bits per heavy atom. The molecule has 0 aliphatic carbocycles. The summed E-state index contributed by atoms with van der Waals surface area (Å²) in [6, 6.07) is 13.6. The van der Waals surface area contributed by atoms with Crippen molar-refractivity contribution in [3.05, 3.63) is 59.9 Å². The molecule has 0 saturated carbocycles. The number of aryl methyl sites for hydroxylation is 1. The largest absolute Gasteiger partial charge is 0.341 e. The summed E-state index contributed by atoms with van der Waals surface area (Å²) in [6.45, 7) is 3.79. The molecule has 10 heteroatoms. The van der Waals surface area contributed by atoms with E-state index >= 15 is 0 Å². The van der Waals surface area contributed by atoms with Crippen molar-refractivity contribution < 1.29 is 14.0 Å². The van der Waals surface area contributed by atoms with Crippen LogP contribution < -0.4 is 10.2 Å². The minimum Gasteiger partial charge on any atom is -0.341 e. The maximum atomic E-state index is 13.0. The number of likely N-dealkylation sites (N-methyl/N-ethyl adjacent to an activating group) is 1. The lowest BCUT2D eigenvalue weighted by Gasteiger charge is -2.27. The van der Waals surface area contributed by atoms with Crippen molar-refractivity contribution in [2.75, 3.05) is 42.7 Å². The van der Waals surface area contributed by atoms with E-state index in [1.807, 2.05) is 35.8 Å². The topological polar surface area (TPSA) is 83.4 Å². The van der Waals surface area contributed by atoms with E-state index in [1.165, 1.54) is 47.3 Å². The number of benzene rings is 2. The highest BCUT2D eigenvalue weighted by molar-refractivity contribution is 7.99. The maximum Gasteiger partial charge on any atom is 0.243 e. The number of carbonyl (C=O) groups is 2. The average Bonchev–Trinajstić information content (AvgIpc) is 3.29. The van der Waals surface area contributed by atoms with Crippen LogP contribution >= 0.6 is 11.8 Å². The molecule has 1 aromatic heterocycles. The number of halogens is 1. The molecule has 35 heavy (non-hydrogen) atoms. The van der Waals surface area contributed by atoms with Gasteiger partial charge in [-0.15, -0.1) is 10.2 Å². The zero-order valence-electron chi connectivity index (χ0n) is 19.9. The van der Waals surface area contributed by atoms with Crippen LogP contribution in [-0.4, -0.2) is 63.9 Å². The molecule has 2 aromatic carbocycles. The van der Waals surface area contributed by atoms with Gasteiger partial charge in [0.1, 0.15) is 5.82 Å². The molecule has 2 heterocycles. The summed E-state index contributed by atoms with van der Waals surface area (Å²) in [7, 11) is 1.58. The number of piperidine rings is 1. The Morgan fingerprint density at radius 2 is 1.71 bits per heavy atom. The van der Waals surface area contributed by atoms with Crippen molar-refractivity contribution in [2.45, 2.75) is 31.3 Å². The van der Waals surface area contributed by atoms with Crippen LogP contribution in [0.3, 0.4) is 0 Å². The fraction of sp³-hybridized carbons (Fsp3) is 0.360. The number of thioether (sulfide) groups is 1. The minimum absolute atomic E-state index is 0.111. The number of hydrogen-bond donors (Lipinski definition) is 1. The Morgan fingerprint density at radius 3 is 2.40 bits per heavy atom. The molecule has 1 N–H and O–H groups in total. The lowest BCUT2D eigenvalue weighted by molar-refractivity contribution is -0.131. The third kappa shape index (κ3) is 6.39. The first-order valence-electron chi connectivity index (χ1n) is 11.6. The summed E-state index contributed by atoms with van der Waals surface area (Å²) in [4.78, 5) is 28.7. The first kappa shape index (κ1) is 24.7. The number of aromatic nitrogens is 3. The molecule has 0 atom stereocenters. The molecule has 0 radical (unpaired) electrons. The van der Waals surface area contributed by atoms with Crippen LogP contribution in [0.1, 0.15) is 24.8 Å². The van der Waals surface area contributed by atoms with E-state index in [1.54, 1.807) is 7.05 Å². The second-order valence-corrected chi connectivity index (χ2v) is 9.54. The number of hydrogen-bond acceptors (Lipinski definition) is 6. The van der Waals surface area contributed by atoms with E-state index in [0.29, 0.717) is 10.8 Å². The predicted molar refractivity (Wildman–Crippen MR) is 136 cm³/mol. The fourth-order valence-electron chi connectivity index (χ4n) is 3.85. The summed E-state index contributed by atoms with van der Waals surface area (Å²) in [5, 5.41) is 12.2. The van der Waals surface area contributed by atoms with E-state index in [4.69, 9.17) is 0 Å². The second kappa shape index (κ2) is 11.4. The summed E-state index contributed by atoms with van der Waals surface area (Å²) in [6.07, 6.45) is 3.45. The molecule has 2 amide bonds. The lowest BCUT2D eigenvalue weighted by Crippen LogP contribution is -2.36. The van der Waals surface area contributed by atoms with Gasteiger partial charge in [-0.3, -0.25) is 14.2 Å². The Labute approximate surface area is 208 Å². The van der Waals surface area contributed by atoms with Gasteiger partial charge in [-0.25, -0.2) is 4.39 Å². The number of amides is 2. The fourth-order valence-corrected chi connectivity index (χ4v) is 4.74. The highest BCUT2D eigenvalue weighted by Crippen LogP contribution is 2.28. The molecular weight excluding hydrogens is 467 g/mol. The molecule has 8 nitrogen and oxygen atoms in total. The molecule has 1 aliphatic rings. The third-order valence-electron chi connectivity index (χ3n) is 5.81. The maximum absolute atomic E-state index is 13.0. The van der Waals surface area contributed by atoms with E-state index in [2.05, 4.69) is 20.4 Å². The van der Waals surface area contributed by atoms with E-state index in [0.717, 1.165) is 43.1 Å². The highest BCUT2D eigenvalue weighted by Gasteiger charge is 2.23. The number of nitrogens with one attached hydrogen (secondary N) is 1. The summed E-state index contributed by atoms with van der Waals surface area (Å²) >= 11 is 1.30. The number of rotatable bonds is 8. The van der Waals surface area contributed by atoms with Crippen molar-refractivity contribution >= 4 is 35.2 Å². The average molecular weight is 497 g/mol. The Kier molecular flexibility index (Phi) is 8.02. The van der Waals surface area contributed by atoms with Crippen molar-refractivity contribution in [3.8, 4) is 5.69 Å². The number of anilines is 2. The van der Waals surface area contributed by atoms with Crippen LogP contribution in [0, 0.1) is 12.7 Å². The monoisotopic (exact) mass is 496 g/mol. The van der Waals surface area contributed by atoms with Gasteiger partial charge in [0, 0.05) is 25.8 Å². The summed E-state index contributed by atoms with van der Waals surface area (Å²) < 4.78 is 15.0. The van der Waals surface area contributed by atoms with Gasteiger partial charge in [0.05, 0.1) is 18.0 Å². The normalized spacial score (nSPS) is 13.5. The van der Waals surface area contributed by atoms with Crippen LogP contribution in [0.2, 0.25) is 0 Å². The van der Waals surface area contributed by atoms with Gasteiger partial charge >= 0.3 is 0 Å². The highest BCUT2D eigenvalue weighted by atomic mass is 32.2. The van der Waals surface area contributed by atoms with Crippen molar-refractivity contribution in [2.24, 2.45) is 0 Å². The third-order valence-corrected chi connectivity index (χ3v) is 6.72. The minimum atomic E-state index is -0.380. The first-order chi connectivity index (χ1) is 16.9. The number of carbonyl (C=O) groups excluding carboxylic acids is 2. The summed E-state index contributed by atoms with van der Waals surface area (Å²) in [5.74, 6) is -0.0377. The Bertz CT molecular complexity index is 1160. The van der Waals surface area contributed by atoms with Crippen LogP contribution in [0.15, 0.2) is 53.7 Å². The van der Waals surface area contributed by atoms with Gasteiger partial charge in [-0.05, 0) is 62.6 Å². The van der Waals surface area contributed by atoms with E-state index in [-0.39, 0.29) is 29.9 Å². The van der Waals surface area contributed by atoms with Crippen LogP contribution in [-0.2, 0) is 9.59 Å². The zero-order chi connectivity index (χ0) is 24.8. The van der Waals surface area contributed by atoms with Crippen molar-refractivity contribution in [1.29, 1.82) is 0 Å². The molecule has 3 aromatic rings. The predicted octanol–water partition coefficient (Wildman–Crippen LogP) is 3.89. The zero-order valence-corrected chi connectivity index (χ0v) is 20.7. The molecule has 0 unspecified atom stereocenters. The molecule has 184 valence electrons. The van der Waals surface area contributed by atoms with Gasteiger partial charge in [0.25, 0.3) is 0 Å². The molecule has 1 fully saturated rings. The van der Waals surface area contributed by atoms with Crippen molar-refractivity contribution in [1.82, 2.24) is 19.7 Å². The quantitative estimate of drug-likeness (QED) is 0.477. The molecule has 0 bridgehead atoms. The first-order valence-corrected chi connectivity index (χ1v) is 12.6. The van der Waals surface area contributed by atoms with Gasteiger partial charge < -0.3 is 15.1 Å². The van der Waals surface area contributed by atoms with Gasteiger partial charge in [0.15, 0.2) is 5.16 Å². The van der Waals surface area contributed by atoms with Gasteiger partial charge in [0.2, 0.25) is 17.8 Å². The Balaban J connectivity index is 1.42. The second-order valence-electron chi connectivity index (χ2n) is 8.59. The van der Waals surface area contributed by atoms with Crippen molar-refractivity contribution in [3.63, 3.8) is 0 Å². The lowest BCUT2D eigenvalue weighted by atomic mass is 10.1. The van der Waals surface area contributed by atoms with Crippen LogP contribution in [0.4, 0.5) is 16.0 Å². The molecule has 4 rings (SSSR count). The van der Waals surface area contributed by atoms with Gasteiger partial charge in [-0.1, -0.05) is 29.5 Å². The van der Waals surface area contributed by atoms with Crippen LogP contribution in [0.5, 0.6) is 0 Å². The van der Waals surface area contributed by atoms with Crippen LogP contribution in [0.25, 0.3) is 5.69 Å². The molecule has 1 aliphatic heterocycles. The SMILES string of the molecule is Cc1ccc(-n2c(SCC(=O)N(C)CC(=O)Nc3ccc(F)cc3)nnc2N2CCCCC2)cc1. The molecular formula is C25H29FN6O2S. The number of nitrogens with zero attached hydrogens (tertiary/aromatic N) is 5. The smallest absolute Gasteiger partial charge is 0.243 e. The van der Waals surface area contributed by atoms with E-state index in [9.17, 15) is 14.0 Å². The summed E-state index contributed by atoms with van der Waals surface area (Å²) in [5.41, 5.74) is 2.58. The molecule has 1 saturated heterocycles. The van der Waals surface area contributed by atoms with Gasteiger partial charge in [-0.2, -0.15) is 0 Å². The Hall–Kier alpha value is -3.40. The standard InChI is InChI=1S/C25H29FN6O2S/c1-18-6-12-21(13-7-18)32-24(31-14-4-3-5-15-31)28-29-25(32)35-17-23(34)30(2)16-22(33)27-20-10-8-19(26)9-11-20/h6-13H,3-5,14-17H2,1-2H3,(H,27,33). The van der Waals surface area contributed by atoms with E-state index < -0.39 is 0 Å². The molecule has 0 spiro atoms.